The number of hydrogen-bond donors (Lipinski definition) is 0. The predicted molar refractivity (Wildman–Crippen MR) is 64.0 cm³/mol. The largest absolute Gasteiger partial charge is 0.479 e. The van der Waals surface area contributed by atoms with Crippen LogP contribution in [0, 0.1) is 0 Å². The van der Waals surface area contributed by atoms with Crippen molar-refractivity contribution in [3.63, 3.8) is 0 Å². The van der Waals surface area contributed by atoms with E-state index in [1.807, 2.05) is 6.07 Å². The molecule has 0 spiro atoms. The van der Waals surface area contributed by atoms with Gasteiger partial charge in [0.1, 0.15) is 5.69 Å². The zero-order valence-electron chi connectivity index (χ0n) is 8.45. The average Bonchev–Trinajstić information content (AvgIpc) is 2.33. The van der Waals surface area contributed by atoms with Crippen LogP contribution >= 0.6 is 23.2 Å². The highest BCUT2D eigenvalue weighted by Gasteiger charge is 2.13. The van der Waals surface area contributed by atoms with E-state index >= 15 is 0 Å². The summed E-state index contributed by atoms with van der Waals surface area (Å²) in [5.74, 6) is 0.423. The molecule has 0 fully saturated rings. The summed E-state index contributed by atoms with van der Waals surface area (Å²) in [7, 11) is 1.53. The number of halogens is 2. The minimum Gasteiger partial charge on any atom is -0.479 e. The summed E-state index contributed by atoms with van der Waals surface area (Å²) < 4.78 is 5.12. The Kier molecular flexibility index (Phi) is 3.27. The molecule has 16 heavy (non-hydrogen) atoms. The SMILES string of the molecule is COc1nccnc1-c1cccc(Cl)c1Cl. The second-order valence-corrected chi connectivity index (χ2v) is 3.80. The molecule has 0 aliphatic heterocycles. The molecule has 0 saturated carbocycles. The predicted octanol–water partition coefficient (Wildman–Crippen LogP) is 3.46. The van der Waals surface area contributed by atoms with Crippen LogP contribution in [0.5, 0.6) is 5.88 Å². The summed E-state index contributed by atoms with van der Waals surface area (Å²) in [5.41, 5.74) is 1.29. The Morgan fingerprint density at radius 1 is 1.12 bits per heavy atom. The van der Waals surface area contributed by atoms with Crippen molar-refractivity contribution < 1.29 is 4.74 Å². The van der Waals surface area contributed by atoms with Crippen LogP contribution in [-0.2, 0) is 0 Å². The zero-order chi connectivity index (χ0) is 11.5. The molecule has 0 N–H and O–H groups in total. The molecule has 5 heteroatoms. The molecular formula is C11H8Cl2N2O. The zero-order valence-corrected chi connectivity index (χ0v) is 9.96. The Morgan fingerprint density at radius 3 is 2.62 bits per heavy atom. The molecule has 1 heterocycles. The first-order valence-corrected chi connectivity index (χ1v) is 5.29. The van der Waals surface area contributed by atoms with Gasteiger partial charge in [0.15, 0.2) is 0 Å². The number of benzene rings is 1. The first-order chi connectivity index (χ1) is 7.74. The quantitative estimate of drug-likeness (QED) is 0.824. The molecule has 2 aromatic rings. The van der Waals surface area contributed by atoms with Crippen molar-refractivity contribution in [3.8, 4) is 17.1 Å². The van der Waals surface area contributed by atoms with Crippen LogP contribution in [0.4, 0.5) is 0 Å². The van der Waals surface area contributed by atoms with Crippen LogP contribution in [0.1, 0.15) is 0 Å². The maximum Gasteiger partial charge on any atom is 0.240 e. The Balaban J connectivity index is 2.63. The topological polar surface area (TPSA) is 35.0 Å². The van der Waals surface area contributed by atoms with E-state index in [4.69, 9.17) is 27.9 Å². The van der Waals surface area contributed by atoms with Gasteiger partial charge in [-0.3, -0.25) is 0 Å². The van der Waals surface area contributed by atoms with Crippen LogP contribution in [0.15, 0.2) is 30.6 Å². The summed E-state index contributed by atoms with van der Waals surface area (Å²) in [4.78, 5) is 8.25. The first-order valence-electron chi connectivity index (χ1n) is 4.53. The number of rotatable bonds is 2. The summed E-state index contributed by atoms with van der Waals surface area (Å²) in [6, 6.07) is 5.34. The van der Waals surface area contributed by atoms with Crippen LogP contribution in [-0.4, -0.2) is 17.1 Å². The van der Waals surface area contributed by atoms with Gasteiger partial charge in [-0.15, -0.1) is 0 Å². The van der Waals surface area contributed by atoms with Gasteiger partial charge >= 0.3 is 0 Å². The fourth-order valence-electron chi connectivity index (χ4n) is 1.35. The van der Waals surface area contributed by atoms with Crippen molar-refractivity contribution >= 4 is 23.2 Å². The van der Waals surface area contributed by atoms with E-state index < -0.39 is 0 Å². The highest BCUT2D eigenvalue weighted by atomic mass is 35.5. The summed E-state index contributed by atoms with van der Waals surface area (Å²) in [5, 5.41) is 0.926. The van der Waals surface area contributed by atoms with Crippen molar-refractivity contribution in [3.05, 3.63) is 40.6 Å². The van der Waals surface area contributed by atoms with E-state index in [2.05, 4.69) is 9.97 Å². The van der Waals surface area contributed by atoms with Crippen molar-refractivity contribution in [1.29, 1.82) is 0 Å². The molecule has 0 aliphatic carbocycles. The highest BCUT2D eigenvalue weighted by Crippen LogP contribution is 2.35. The number of ether oxygens (including phenoxy) is 1. The third-order valence-corrected chi connectivity index (χ3v) is 2.88. The number of aromatic nitrogens is 2. The first kappa shape index (κ1) is 11.2. The lowest BCUT2D eigenvalue weighted by Crippen LogP contribution is -1.94. The average molecular weight is 255 g/mol. The van der Waals surface area contributed by atoms with Crippen LogP contribution in [0.2, 0.25) is 10.0 Å². The van der Waals surface area contributed by atoms with E-state index in [0.29, 0.717) is 27.2 Å². The molecule has 2 rings (SSSR count). The Morgan fingerprint density at radius 2 is 1.88 bits per heavy atom. The Hall–Kier alpha value is -1.32. The van der Waals surface area contributed by atoms with Crippen LogP contribution < -0.4 is 4.74 Å². The number of hydrogen-bond acceptors (Lipinski definition) is 3. The number of methoxy groups -OCH3 is 1. The molecule has 0 unspecified atom stereocenters. The van der Waals surface area contributed by atoms with Crippen molar-refractivity contribution in [2.75, 3.05) is 7.11 Å². The molecule has 0 saturated heterocycles. The molecule has 1 aromatic heterocycles. The Bertz CT molecular complexity index is 517. The molecule has 0 radical (unpaired) electrons. The van der Waals surface area contributed by atoms with Crippen molar-refractivity contribution in [2.45, 2.75) is 0 Å². The van der Waals surface area contributed by atoms with E-state index in [-0.39, 0.29) is 0 Å². The minimum atomic E-state index is 0.423. The molecule has 3 nitrogen and oxygen atoms in total. The standard InChI is InChI=1S/C11H8Cl2N2O/c1-16-11-10(14-5-6-15-11)7-3-2-4-8(12)9(7)13/h2-6H,1H3. The van der Waals surface area contributed by atoms with Gasteiger partial charge < -0.3 is 4.74 Å². The lowest BCUT2D eigenvalue weighted by molar-refractivity contribution is 0.398. The fourth-order valence-corrected chi connectivity index (χ4v) is 1.74. The molecule has 1 aromatic carbocycles. The molecular weight excluding hydrogens is 247 g/mol. The van der Waals surface area contributed by atoms with E-state index in [1.54, 1.807) is 24.5 Å². The van der Waals surface area contributed by atoms with E-state index in [1.165, 1.54) is 7.11 Å². The van der Waals surface area contributed by atoms with Gasteiger partial charge in [0.05, 0.1) is 17.2 Å². The lowest BCUT2D eigenvalue weighted by atomic mass is 10.1. The third-order valence-electron chi connectivity index (χ3n) is 2.06. The van der Waals surface area contributed by atoms with Gasteiger partial charge in [0.25, 0.3) is 0 Å². The summed E-state index contributed by atoms with van der Waals surface area (Å²) in [6.45, 7) is 0. The van der Waals surface area contributed by atoms with Crippen molar-refractivity contribution in [2.24, 2.45) is 0 Å². The number of nitrogens with zero attached hydrogens (tertiary/aromatic N) is 2. The van der Waals surface area contributed by atoms with Gasteiger partial charge in [-0.25, -0.2) is 9.97 Å². The lowest BCUT2D eigenvalue weighted by Gasteiger charge is -2.08. The third kappa shape index (κ3) is 1.96. The molecule has 0 atom stereocenters. The summed E-state index contributed by atoms with van der Waals surface area (Å²) in [6.07, 6.45) is 3.13. The normalized spacial score (nSPS) is 10.2. The van der Waals surface area contributed by atoms with E-state index in [9.17, 15) is 0 Å². The maximum absolute atomic E-state index is 6.10. The second-order valence-electron chi connectivity index (χ2n) is 3.02. The molecule has 0 amide bonds. The maximum atomic E-state index is 6.10. The molecule has 0 bridgehead atoms. The van der Waals surface area contributed by atoms with E-state index in [0.717, 1.165) is 0 Å². The smallest absolute Gasteiger partial charge is 0.240 e. The van der Waals surface area contributed by atoms with Crippen LogP contribution in [0.3, 0.4) is 0 Å². The van der Waals surface area contributed by atoms with Gasteiger partial charge in [-0.1, -0.05) is 35.3 Å². The van der Waals surface area contributed by atoms with Gasteiger partial charge in [0.2, 0.25) is 5.88 Å². The Labute approximate surface area is 103 Å². The monoisotopic (exact) mass is 254 g/mol. The highest BCUT2D eigenvalue weighted by molar-refractivity contribution is 6.43. The molecule has 0 aliphatic rings. The minimum absolute atomic E-state index is 0.423. The van der Waals surface area contributed by atoms with Gasteiger partial charge in [-0.2, -0.15) is 0 Å². The van der Waals surface area contributed by atoms with Crippen molar-refractivity contribution in [1.82, 2.24) is 9.97 Å². The molecule has 82 valence electrons. The van der Waals surface area contributed by atoms with Gasteiger partial charge in [0, 0.05) is 18.0 Å². The second kappa shape index (κ2) is 4.68. The summed E-state index contributed by atoms with van der Waals surface area (Å²) >= 11 is 12.0. The van der Waals surface area contributed by atoms with Gasteiger partial charge in [-0.05, 0) is 6.07 Å². The van der Waals surface area contributed by atoms with Crippen LogP contribution in [0.25, 0.3) is 11.3 Å². The fraction of sp³-hybridized carbons (Fsp3) is 0.0909.